The number of hydrogen-bond acceptors (Lipinski definition) is 3. The van der Waals surface area contributed by atoms with Crippen LogP contribution in [0.1, 0.15) is 20.8 Å². The maximum absolute atomic E-state index is 10.5. The van der Waals surface area contributed by atoms with E-state index in [1.54, 1.807) is 13.8 Å². The van der Waals surface area contributed by atoms with Crippen LogP contribution in [-0.4, -0.2) is 11.9 Å². The van der Waals surface area contributed by atoms with E-state index >= 15 is 0 Å². The number of rotatable bonds is 1. The molecule has 4 heteroatoms. The van der Waals surface area contributed by atoms with Gasteiger partial charge in [0.1, 0.15) is 0 Å². The van der Waals surface area contributed by atoms with Crippen molar-refractivity contribution in [3.63, 3.8) is 0 Å². The monoisotopic (exact) mass is 327 g/mol. The topological polar surface area (TPSA) is 43.4 Å². The van der Waals surface area contributed by atoms with Crippen LogP contribution in [0.5, 0.6) is 0 Å². The molecule has 63 valence electrons. The van der Waals surface area contributed by atoms with E-state index in [4.69, 9.17) is 0 Å². The van der Waals surface area contributed by atoms with Crippen LogP contribution < -0.4 is 0 Å². The molecule has 0 bridgehead atoms. The van der Waals surface area contributed by atoms with E-state index < -0.39 is 11.9 Å². The molecular formula is C6H10AuO3. The predicted molar refractivity (Wildman–Crippen MR) is 31.6 cm³/mol. The molecule has 0 fully saturated rings. The van der Waals surface area contributed by atoms with Gasteiger partial charge in [-0.1, -0.05) is 13.8 Å². The van der Waals surface area contributed by atoms with Crippen LogP contribution in [0.25, 0.3) is 0 Å². The molecule has 0 aliphatic carbocycles. The van der Waals surface area contributed by atoms with E-state index in [1.807, 2.05) is 0 Å². The van der Waals surface area contributed by atoms with Gasteiger partial charge in [-0.2, -0.15) is 0 Å². The van der Waals surface area contributed by atoms with Crippen molar-refractivity contribution in [2.24, 2.45) is 5.92 Å². The minimum atomic E-state index is -0.547. The minimum absolute atomic E-state index is 0. The van der Waals surface area contributed by atoms with Gasteiger partial charge in [-0.3, -0.25) is 9.59 Å². The van der Waals surface area contributed by atoms with E-state index in [2.05, 4.69) is 4.74 Å². The van der Waals surface area contributed by atoms with Gasteiger partial charge < -0.3 is 4.74 Å². The van der Waals surface area contributed by atoms with Crippen molar-refractivity contribution in [1.82, 2.24) is 0 Å². The average molecular weight is 327 g/mol. The average Bonchev–Trinajstić information content (AvgIpc) is 1.63. The summed E-state index contributed by atoms with van der Waals surface area (Å²) in [4.78, 5) is 20.6. The van der Waals surface area contributed by atoms with Crippen LogP contribution >= 0.6 is 0 Å². The fourth-order valence-corrected chi connectivity index (χ4v) is 0.260. The number of carbonyl (C=O) groups is 2. The number of carbonyl (C=O) groups excluding carboxylic acids is 2. The van der Waals surface area contributed by atoms with E-state index in [0.717, 1.165) is 0 Å². The number of hydrogen-bond donors (Lipinski definition) is 0. The molecule has 0 unspecified atom stereocenters. The Morgan fingerprint density at radius 2 is 1.70 bits per heavy atom. The standard InChI is InChI=1S/C6H10O3.Au/c1-4(2)6(8)9-5(3)7;/h4H,1-3H3;. The van der Waals surface area contributed by atoms with Gasteiger partial charge in [-0.15, -0.1) is 0 Å². The maximum atomic E-state index is 10.5. The molecule has 0 aliphatic rings. The first kappa shape index (κ1) is 12.5. The number of ether oxygens (including phenoxy) is 1. The van der Waals surface area contributed by atoms with Crippen molar-refractivity contribution in [2.45, 2.75) is 20.8 Å². The summed E-state index contributed by atoms with van der Waals surface area (Å²) >= 11 is 0. The third-order valence-electron chi connectivity index (χ3n) is 0.716. The molecule has 0 aliphatic heterocycles. The second-order valence-corrected chi connectivity index (χ2v) is 2.07. The molecule has 0 N–H and O–H groups in total. The Balaban J connectivity index is 0. The first-order valence-electron chi connectivity index (χ1n) is 2.76. The summed E-state index contributed by atoms with van der Waals surface area (Å²) in [5.74, 6) is -1.25. The molecular weight excluding hydrogens is 317 g/mol. The summed E-state index contributed by atoms with van der Waals surface area (Å²) < 4.78 is 4.23. The first-order chi connectivity index (χ1) is 4.04. The fourth-order valence-electron chi connectivity index (χ4n) is 0.260. The summed E-state index contributed by atoms with van der Waals surface area (Å²) in [6.45, 7) is 4.55. The van der Waals surface area contributed by atoms with Gasteiger partial charge in [0.25, 0.3) is 0 Å². The first-order valence-corrected chi connectivity index (χ1v) is 2.76. The SMILES string of the molecule is CC(=O)OC(=O)C(C)C.[Au]. The molecule has 0 saturated carbocycles. The van der Waals surface area contributed by atoms with Crippen LogP contribution in [0.4, 0.5) is 0 Å². The summed E-state index contributed by atoms with van der Waals surface area (Å²) in [5.41, 5.74) is 0. The van der Waals surface area contributed by atoms with E-state index in [1.165, 1.54) is 6.92 Å². The zero-order valence-electron chi connectivity index (χ0n) is 6.10. The zero-order valence-corrected chi connectivity index (χ0v) is 8.27. The Bertz CT molecular complexity index is 131. The molecule has 0 saturated heterocycles. The molecule has 1 radical (unpaired) electrons. The minimum Gasteiger partial charge on any atom is -0.393 e. The van der Waals surface area contributed by atoms with Crippen molar-refractivity contribution < 1.29 is 36.7 Å². The summed E-state index contributed by atoms with van der Waals surface area (Å²) in [7, 11) is 0. The second-order valence-electron chi connectivity index (χ2n) is 2.07. The Labute approximate surface area is 75.6 Å². The quantitative estimate of drug-likeness (QED) is 0.405. The zero-order chi connectivity index (χ0) is 7.44. The van der Waals surface area contributed by atoms with Crippen molar-refractivity contribution in [1.29, 1.82) is 0 Å². The van der Waals surface area contributed by atoms with Gasteiger partial charge in [-0.05, 0) is 0 Å². The van der Waals surface area contributed by atoms with Gasteiger partial charge in [0.05, 0.1) is 5.92 Å². The van der Waals surface area contributed by atoms with Crippen molar-refractivity contribution >= 4 is 11.9 Å². The fraction of sp³-hybridized carbons (Fsp3) is 0.667. The van der Waals surface area contributed by atoms with Crippen LogP contribution in [0.3, 0.4) is 0 Å². The maximum Gasteiger partial charge on any atom is 0.316 e. The Hall–Kier alpha value is -0.120. The molecule has 0 rings (SSSR count). The van der Waals surface area contributed by atoms with Crippen molar-refractivity contribution in [3.8, 4) is 0 Å². The van der Waals surface area contributed by atoms with Crippen LogP contribution in [0, 0.1) is 5.92 Å². The largest absolute Gasteiger partial charge is 0.393 e. The summed E-state index contributed by atoms with van der Waals surface area (Å²) in [6, 6.07) is 0. The smallest absolute Gasteiger partial charge is 0.316 e. The Morgan fingerprint density at radius 1 is 1.30 bits per heavy atom. The van der Waals surface area contributed by atoms with Crippen LogP contribution in [0.2, 0.25) is 0 Å². The molecule has 0 aromatic rings. The Morgan fingerprint density at radius 3 is 1.80 bits per heavy atom. The van der Waals surface area contributed by atoms with Gasteiger partial charge in [0, 0.05) is 29.3 Å². The van der Waals surface area contributed by atoms with E-state index in [-0.39, 0.29) is 28.3 Å². The van der Waals surface area contributed by atoms with Gasteiger partial charge >= 0.3 is 11.9 Å². The molecule has 10 heavy (non-hydrogen) atoms. The third kappa shape index (κ3) is 6.01. The van der Waals surface area contributed by atoms with Crippen molar-refractivity contribution in [2.75, 3.05) is 0 Å². The molecule has 0 aromatic carbocycles. The molecule has 0 amide bonds. The Kier molecular flexibility index (Phi) is 7.09. The van der Waals surface area contributed by atoms with Crippen LogP contribution in [-0.2, 0) is 36.7 Å². The normalized spacial score (nSPS) is 8.40. The molecule has 0 heterocycles. The molecule has 0 atom stereocenters. The van der Waals surface area contributed by atoms with Gasteiger partial charge in [0.15, 0.2) is 0 Å². The molecule has 0 spiro atoms. The second kappa shape index (κ2) is 5.65. The van der Waals surface area contributed by atoms with Crippen molar-refractivity contribution in [3.05, 3.63) is 0 Å². The summed E-state index contributed by atoms with van der Waals surface area (Å²) in [6.07, 6.45) is 0. The van der Waals surface area contributed by atoms with E-state index in [0.29, 0.717) is 0 Å². The van der Waals surface area contributed by atoms with Gasteiger partial charge in [0.2, 0.25) is 0 Å². The van der Waals surface area contributed by atoms with Gasteiger partial charge in [-0.25, -0.2) is 0 Å². The number of esters is 2. The molecule has 0 aromatic heterocycles. The molecule has 3 nitrogen and oxygen atoms in total. The third-order valence-corrected chi connectivity index (χ3v) is 0.716. The van der Waals surface area contributed by atoms with Crippen LogP contribution in [0.15, 0.2) is 0 Å². The summed E-state index contributed by atoms with van der Waals surface area (Å²) in [5, 5.41) is 0. The van der Waals surface area contributed by atoms with E-state index in [9.17, 15) is 9.59 Å². The predicted octanol–water partition coefficient (Wildman–Crippen LogP) is 0.730.